The molecular weight excluding hydrogens is 440 g/mol. The van der Waals surface area contributed by atoms with Crippen LogP contribution in [-0.4, -0.2) is 39.3 Å². The van der Waals surface area contributed by atoms with E-state index in [2.05, 4.69) is 24.8 Å². The van der Waals surface area contributed by atoms with Crippen LogP contribution in [0.2, 0.25) is 0 Å². The number of nitrogens with zero attached hydrogens (tertiary/aromatic N) is 4. The molecule has 2 aliphatic heterocycles. The normalized spacial score (nSPS) is 18.7. The minimum atomic E-state index is -0.293. The van der Waals surface area contributed by atoms with Gasteiger partial charge in [0.15, 0.2) is 0 Å². The van der Waals surface area contributed by atoms with Crippen molar-refractivity contribution in [2.75, 3.05) is 24.5 Å². The number of amides is 1. The molecule has 6 nitrogen and oxygen atoms in total. The molecule has 8 heteroatoms. The van der Waals surface area contributed by atoms with E-state index in [9.17, 15) is 14.9 Å². The standard InChI is InChI=1S/C24H32N4O2S2/c1-5-7-10-17(6-2)15-28-23(30)20(32-24(28)31)13-18-16(3)19(14-25)22(29)26(4)21(18)27-11-8-9-12-27/h13,17H,5-12,15H2,1-4H3. The highest BCUT2D eigenvalue weighted by molar-refractivity contribution is 8.26. The number of pyridine rings is 1. The minimum absolute atomic E-state index is 0.0749. The van der Waals surface area contributed by atoms with E-state index in [-0.39, 0.29) is 17.0 Å². The highest BCUT2D eigenvalue weighted by atomic mass is 32.2. The SMILES string of the molecule is CCCCC(CC)CN1C(=O)C(=Cc2c(C)c(C#N)c(=O)n(C)c2N2CCCC2)SC1=S. The molecule has 0 aliphatic carbocycles. The van der Waals surface area contributed by atoms with Gasteiger partial charge in [-0.25, -0.2) is 0 Å². The number of carbonyl (C=O) groups is 1. The van der Waals surface area contributed by atoms with Gasteiger partial charge in [-0.15, -0.1) is 0 Å². The highest BCUT2D eigenvalue weighted by Gasteiger charge is 2.34. The van der Waals surface area contributed by atoms with Crippen LogP contribution in [0.3, 0.4) is 0 Å². The molecule has 0 bridgehead atoms. The summed E-state index contributed by atoms with van der Waals surface area (Å²) in [5, 5.41) is 9.60. The summed E-state index contributed by atoms with van der Waals surface area (Å²) >= 11 is 6.88. The van der Waals surface area contributed by atoms with Crippen LogP contribution in [-0.2, 0) is 11.8 Å². The van der Waals surface area contributed by atoms with E-state index in [1.807, 2.05) is 6.08 Å². The maximum Gasteiger partial charge on any atom is 0.270 e. The Balaban J connectivity index is 2.01. The fraction of sp³-hybridized carbons (Fsp3) is 0.583. The number of hydrogen-bond acceptors (Lipinski definition) is 6. The van der Waals surface area contributed by atoms with Crippen molar-refractivity contribution in [1.29, 1.82) is 5.26 Å². The van der Waals surface area contributed by atoms with E-state index in [4.69, 9.17) is 12.2 Å². The van der Waals surface area contributed by atoms with Gasteiger partial charge in [-0.05, 0) is 43.7 Å². The van der Waals surface area contributed by atoms with Crippen LogP contribution in [0, 0.1) is 24.2 Å². The molecule has 0 radical (unpaired) electrons. The van der Waals surface area contributed by atoms with E-state index < -0.39 is 0 Å². The predicted molar refractivity (Wildman–Crippen MR) is 136 cm³/mol. The highest BCUT2D eigenvalue weighted by Crippen LogP contribution is 2.37. The molecule has 2 aliphatic rings. The average molecular weight is 473 g/mol. The third kappa shape index (κ3) is 4.79. The van der Waals surface area contributed by atoms with Crippen molar-refractivity contribution in [3.05, 3.63) is 31.9 Å². The number of aromatic nitrogens is 1. The molecule has 1 aromatic heterocycles. The number of thiocarbonyl (C=S) groups is 1. The first-order valence-corrected chi connectivity index (χ1v) is 12.7. The molecule has 1 unspecified atom stereocenters. The summed E-state index contributed by atoms with van der Waals surface area (Å²) in [6.45, 7) is 8.49. The Bertz CT molecular complexity index is 1030. The quantitative estimate of drug-likeness (QED) is 0.407. The number of unbranched alkanes of at least 4 members (excludes halogenated alkanes) is 1. The third-order valence-corrected chi connectivity index (χ3v) is 7.88. The molecule has 2 fully saturated rings. The maximum atomic E-state index is 13.3. The van der Waals surface area contributed by atoms with Crippen LogP contribution in [0.4, 0.5) is 5.82 Å². The molecular formula is C24H32N4O2S2. The van der Waals surface area contributed by atoms with Crippen LogP contribution in [0.15, 0.2) is 9.70 Å². The van der Waals surface area contributed by atoms with Crippen molar-refractivity contribution in [3.63, 3.8) is 0 Å². The van der Waals surface area contributed by atoms with E-state index in [0.29, 0.717) is 27.3 Å². The second kappa shape index (κ2) is 10.7. The van der Waals surface area contributed by atoms with Crippen LogP contribution >= 0.6 is 24.0 Å². The third-order valence-electron chi connectivity index (χ3n) is 6.51. The van der Waals surface area contributed by atoms with Crippen molar-refractivity contribution in [3.8, 4) is 6.07 Å². The number of hydrogen-bond donors (Lipinski definition) is 0. The van der Waals surface area contributed by atoms with Crippen molar-refractivity contribution < 1.29 is 4.79 Å². The van der Waals surface area contributed by atoms with Crippen LogP contribution in [0.25, 0.3) is 6.08 Å². The molecule has 0 N–H and O–H groups in total. The van der Waals surface area contributed by atoms with Gasteiger partial charge < -0.3 is 4.90 Å². The predicted octanol–water partition coefficient (Wildman–Crippen LogP) is 4.58. The Hall–Kier alpha value is -2.11. The number of rotatable bonds is 8. The molecule has 172 valence electrons. The van der Waals surface area contributed by atoms with Gasteiger partial charge in [-0.2, -0.15) is 5.26 Å². The van der Waals surface area contributed by atoms with Gasteiger partial charge in [-0.1, -0.05) is 57.1 Å². The lowest BCUT2D eigenvalue weighted by Crippen LogP contribution is -2.33. The minimum Gasteiger partial charge on any atom is -0.357 e. The number of thioether (sulfide) groups is 1. The maximum absolute atomic E-state index is 13.3. The van der Waals surface area contributed by atoms with Crippen molar-refractivity contribution in [1.82, 2.24) is 9.47 Å². The number of anilines is 1. The fourth-order valence-electron chi connectivity index (χ4n) is 4.49. The zero-order chi connectivity index (χ0) is 23.4. The monoisotopic (exact) mass is 472 g/mol. The van der Waals surface area contributed by atoms with Crippen LogP contribution in [0.5, 0.6) is 0 Å². The van der Waals surface area contributed by atoms with E-state index >= 15 is 0 Å². The van der Waals surface area contributed by atoms with Crippen molar-refractivity contribution >= 4 is 46.1 Å². The first-order valence-electron chi connectivity index (χ1n) is 11.5. The van der Waals surface area contributed by atoms with Gasteiger partial charge in [0.05, 0.1) is 4.91 Å². The van der Waals surface area contributed by atoms with Gasteiger partial charge in [-0.3, -0.25) is 19.1 Å². The summed E-state index contributed by atoms with van der Waals surface area (Å²) in [4.78, 5) is 30.6. The van der Waals surface area contributed by atoms with E-state index in [0.717, 1.165) is 63.0 Å². The lowest BCUT2D eigenvalue weighted by atomic mass is 9.99. The Kier molecular flexibility index (Phi) is 8.18. The molecule has 1 amide bonds. The zero-order valence-corrected chi connectivity index (χ0v) is 21.1. The molecule has 32 heavy (non-hydrogen) atoms. The summed E-state index contributed by atoms with van der Waals surface area (Å²) in [6, 6.07) is 2.06. The molecule has 0 aromatic carbocycles. The smallest absolute Gasteiger partial charge is 0.270 e. The molecule has 1 aromatic rings. The molecule has 2 saturated heterocycles. The van der Waals surface area contributed by atoms with Gasteiger partial charge in [0, 0.05) is 32.2 Å². The largest absolute Gasteiger partial charge is 0.357 e. The molecule has 1 atom stereocenters. The number of carbonyl (C=O) groups excluding carboxylic acids is 1. The van der Waals surface area contributed by atoms with Gasteiger partial charge in [0.1, 0.15) is 21.8 Å². The van der Waals surface area contributed by atoms with Crippen molar-refractivity contribution in [2.24, 2.45) is 13.0 Å². The molecule has 3 heterocycles. The van der Waals surface area contributed by atoms with Crippen LogP contribution in [0.1, 0.15) is 69.1 Å². The Morgan fingerprint density at radius 2 is 1.94 bits per heavy atom. The summed E-state index contributed by atoms with van der Waals surface area (Å²) in [5.41, 5.74) is 1.22. The second-order valence-electron chi connectivity index (χ2n) is 8.62. The topological polar surface area (TPSA) is 69.3 Å². The summed E-state index contributed by atoms with van der Waals surface area (Å²) in [7, 11) is 1.71. The molecule has 0 spiro atoms. The summed E-state index contributed by atoms with van der Waals surface area (Å²) in [6.07, 6.45) is 8.36. The van der Waals surface area contributed by atoms with Crippen LogP contribution < -0.4 is 10.5 Å². The van der Waals surface area contributed by atoms with Gasteiger partial charge >= 0.3 is 0 Å². The molecule has 3 rings (SSSR count). The zero-order valence-electron chi connectivity index (χ0n) is 19.4. The summed E-state index contributed by atoms with van der Waals surface area (Å²) in [5.74, 6) is 1.14. The lowest BCUT2D eigenvalue weighted by molar-refractivity contribution is -0.122. The van der Waals surface area contributed by atoms with Gasteiger partial charge in [0.2, 0.25) is 0 Å². The van der Waals surface area contributed by atoms with E-state index in [1.165, 1.54) is 11.8 Å². The first-order chi connectivity index (χ1) is 15.3. The first kappa shape index (κ1) is 24.5. The number of nitriles is 1. The Labute approximate surface area is 200 Å². The fourth-order valence-corrected chi connectivity index (χ4v) is 5.74. The Morgan fingerprint density at radius 1 is 1.25 bits per heavy atom. The van der Waals surface area contributed by atoms with Gasteiger partial charge in [0.25, 0.3) is 11.5 Å². The molecule has 0 saturated carbocycles. The second-order valence-corrected chi connectivity index (χ2v) is 10.3. The van der Waals surface area contributed by atoms with Crippen molar-refractivity contribution in [2.45, 2.75) is 59.3 Å². The summed E-state index contributed by atoms with van der Waals surface area (Å²) < 4.78 is 2.14. The average Bonchev–Trinajstić information content (AvgIpc) is 3.39. The Morgan fingerprint density at radius 3 is 2.53 bits per heavy atom. The van der Waals surface area contributed by atoms with E-state index in [1.54, 1.807) is 23.4 Å². The lowest BCUT2D eigenvalue weighted by Gasteiger charge is -2.25.